The van der Waals surface area contributed by atoms with E-state index in [2.05, 4.69) is 39.4 Å². The molecule has 0 aromatic heterocycles. The van der Waals surface area contributed by atoms with E-state index in [0.29, 0.717) is 10.8 Å². The summed E-state index contributed by atoms with van der Waals surface area (Å²) in [5.41, 5.74) is 3.99. The minimum Gasteiger partial charge on any atom is -0.483 e. The van der Waals surface area contributed by atoms with E-state index in [0.717, 1.165) is 16.5 Å². The van der Waals surface area contributed by atoms with Gasteiger partial charge < -0.3 is 10.1 Å². The quantitative estimate of drug-likeness (QED) is 0.768. The SMILES string of the molecule is CC(NC(=O)COc1ccc(Cl)cc1Br)c1ccc2c(c1)CCC2. The van der Waals surface area contributed by atoms with Crippen LogP contribution in [0.15, 0.2) is 40.9 Å². The molecule has 0 spiro atoms. The lowest BCUT2D eigenvalue weighted by Gasteiger charge is -2.16. The van der Waals surface area contributed by atoms with Gasteiger partial charge in [0.1, 0.15) is 5.75 Å². The summed E-state index contributed by atoms with van der Waals surface area (Å²) in [5, 5.41) is 3.60. The molecule has 0 saturated heterocycles. The lowest BCUT2D eigenvalue weighted by Crippen LogP contribution is -2.31. The van der Waals surface area contributed by atoms with Crippen molar-refractivity contribution in [2.24, 2.45) is 0 Å². The third-order valence-electron chi connectivity index (χ3n) is 4.25. The van der Waals surface area contributed by atoms with Crippen LogP contribution in [0.25, 0.3) is 0 Å². The van der Waals surface area contributed by atoms with Gasteiger partial charge in [-0.3, -0.25) is 4.79 Å². The summed E-state index contributed by atoms with van der Waals surface area (Å²) < 4.78 is 6.28. The van der Waals surface area contributed by atoms with E-state index < -0.39 is 0 Å². The molecule has 0 heterocycles. The van der Waals surface area contributed by atoms with Crippen LogP contribution in [-0.4, -0.2) is 12.5 Å². The summed E-state index contributed by atoms with van der Waals surface area (Å²) in [7, 11) is 0. The maximum atomic E-state index is 12.1. The van der Waals surface area contributed by atoms with E-state index in [1.807, 2.05) is 6.92 Å². The van der Waals surface area contributed by atoms with Crippen LogP contribution in [-0.2, 0) is 17.6 Å². The first kappa shape index (κ1) is 17.3. The molecule has 126 valence electrons. The number of carbonyl (C=O) groups is 1. The summed E-state index contributed by atoms with van der Waals surface area (Å²) in [6.45, 7) is 1.96. The van der Waals surface area contributed by atoms with Gasteiger partial charge in [0.25, 0.3) is 5.91 Å². The maximum Gasteiger partial charge on any atom is 0.258 e. The fraction of sp³-hybridized carbons (Fsp3) is 0.316. The van der Waals surface area contributed by atoms with Crippen molar-refractivity contribution in [3.05, 3.63) is 62.6 Å². The van der Waals surface area contributed by atoms with Crippen LogP contribution in [0.4, 0.5) is 0 Å². The van der Waals surface area contributed by atoms with Gasteiger partial charge >= 0.3 is 0 Å². The zero-order chi connectivity index (χ0) is 17.1. The van der Waals surface area contributed by atoms with Crippen molar-refractivity contribution >= 4 is 33.4 Å². The van der Waals surface area contributed by atoms with Crippen LogP contribution in [0.3, 0.4) is 0 Å². The van der Waals surface area contributed by atoms with E-state index >= 15 is 0 Å². The molecular formula is C19H19BrClNO2. The zero-order valence-corrected chi connectivity index (χ0v) is 15.8. The van der Waals surface area contributed by atoms with Gasteiger partial charge in [0.2, 0.25) is 0 Å². The fourth-order valence-electron chi connectivity index (χ4n) is 2.96. The Balaban J connectivity index is 1.56. The molecule has 0 saturated carbocycles. The highest BCUT2D eigenvalue weighted by Crippen LogP contribution is 2.28. The predicted molar refractivity (Wildman–Crippen MR) is 99.7 cm³/mol. The summed E-state index contributed by atoms with van der Waals surface area (Å²) in [6.07, 6.45) is 3.53. The van der Waals surface area contributed by atoms with Gasteiger partial charge in [0.05, 0.1) is 10.5 Å². The van der Waals surface area contributed by atoms with Crippen molar-refractivity contribution in [2.45, 2.75) is 32.2 Å². The molecule has 1 amide bonds. The molecule has 2 aromatic carbocycles. The number of carbonyl (C=O) groups excluding carboxylic acids is 1. The third kappa shape index (κ3) is 4.11. The predicted octanol–water partition coefficient (Wildman–Crippen LogP) is 4.85. The number of hydrogen-bond donors (Lipinski definition) is 1. The average Bonchev–Trinajstić information content (AvgIpc) is 3.01. The number of fused-ring (bicyclic) bond motifs is 1. The monoisotopic (exact) mass is 407 g/mol. The molecule has 0 radical (unpaired) electrons. The standard InChI is InChI=1S/C19H19BrClNO2/c1-12(14-6-5-13-3-2-4-15(13)9-14)22-19(23)11-24-18-8-7-16(21)10-17(18)20/h5-10,12H,2-4,11H2,1H3,(H,22,23). The summed E-state index contributed by atoms with van der Waals surface area (Å²) in [6, 6.07) is 11.7. The number of aryl methyl sites for hydroxylation is 2. The van der Waals surface area contributed by atoms with Gasteiger partial charge in [-0.25, -0.2) is 0 Å². The van der Waals surface area contributed by atoms with E-state index in [9.17, 15) is 4.79 Å². The second kappa shape index (κ2) is 7.58. The number of amides is 1. The molecule has 0 bridgehead atoms. The highest BCUT2D eigenvalue weighted by Gasteiger charge is 2.15. The molecule has 1 aliphatic rings. The zero-order valence-electron chi connectivity index (χ0n) is 13.4. The number of nitrogens with one attached hydrogen (secondary N) is 1. The van der Waals surface area contributed by atoms with Crippen molar-refractivity contribution in [3.63, 3.8) is 0 Å². The van der Waals surface area contributed by atoms with Crippen LogP contribution < -0.4 is 10.1 Å². The fourth-order valence-corrected chi connectivity index (χ4v) is 3.76. The van der Waals surface area contributed by atoms with Gasteiger partial charge in [0, 0.05) is 5.02 Å². The Kier molecular flexibility index (Phi) is 5.47. The van der Waals surface area contributed by atoms with Gasteiger partial charge in [0.15, 0.2) is 6.61 Å². The molecule has 3 rings (SSSR count). The third-order valence-corrected chi connectivity index (χ3v) is 5.11. The Morgan fingerprint density at radius 1 is 1.25 bits per heavy atom. The number of hydrogen-bond acceptors (Lipinski definition) is 2. The molecule has 1 atom stereocenters. The average molecular weight is 409 g/mol. The Bertz CT molecular complexity index is 763. The summed E-state index contributed by atoms with van der Waals surface area (Å²) in [5.74, 6) is 0.449. The molecular weight excluding hydrogens is 390 g/mol. The molecule has 1 unspecified atom stereocenters. The van der Waals surface area contributed by atoms with E-state index in [4.69, 9.17) is 16.3 Å². The van der Waals surface area contributed by atoms with E-state index in [1.165, 1.54) is 24.0 Å². The molecule has 0 aliphatic heterocycles. The first-order valence-electron chi connectivity index (χ1n) is 8.02. The van der Waals surface area contributed by atoms with Crippen molar-refractivity contribution in [3.8, 4) is 5.75 Å². The van der Waals surface area contributed by atoms with Crippen molar-refractivity contribution in [1.29, 1.82) is 0 Å². The molecule has 2 aromatic rings. The molecule has 3 nitrogen and oxygen atoms in total. The van der Waals surface area contributed by atoms with Crippen LogP contribution in [0.5, 0.6) is 5.75 Å². The van der Waals surface area contributed by atoms with Gasteiger partial charge in [-0.15, -0.1) is 0 Å². The minimum atomic E-state index is -0.148. The molecule has 1 aliphatic carbocycles. The summed E-state index contributed by atoms with van der Waals surface area (Å²) in [4.78, 5) is 12.1. The van der Waals surface area contributed by atoms with E-state index in [1.54, 1.807) is 18.2 Å². The Morgan fingerprint density at radius 2 is 2.04 bits per heavy atom. The second-order valence-electron chi connectivity index (χ2n) is 6.03. The molecule has 5 heteroatoms. The van der Waals surface area contributed by atoms with Crippen LogP contribution >= 0.6 is 27.5 Å². The topological polar surface area (TPSA) is 38.3 Å². The second-order valence-corrected chi connectivity index (χ2v) is 7.33. The number of ether oxygens (including phenoxy) is 1. The molecule has 1 N–H and O–H groups in total. The lowest BCUT2D eigenvalue weighted by atomic mass is 10.0. The molecule has 0 fully saturated rings. The number of rotatable bonds is 5. The lowest BCUT2D eigenvalue weighted by molar-refractivity contribution is -0.123. The summed E-state index contributed by atoms with van der Waals surface area (Å²) >= 11 is 9.26. The first-order chi connectivity index (χ1) is 11.5. The van der Waals surface area contributed by atoms with Gasteiger partial charge in [-0.1, -0.05) is 29.8 Å². The Hall–Kier alpha value is -1.52. The smallest absolute Gasteiger partial charge is 0.258 e. The van der Waals surface area contributed by atoms with Gasteiger partial charge in [-0.05, 0) is 77.0 Å². The van der Waals surface area contributed by atoms with Crippen molar-refractivity contribution in [1.82, 2.24) is 5.32 Å². The highest BCUT2D eigenvalue weighted by molar-refractivity contribution is 9.10. The normalized spacial score (nSPS) is 14.1. The van der Waals surface area contributed by atoms with Crippen molar-refractivity contribution in [2.75, 3.05) is 6.61 Å². The maximum absolute atomic E-state index is 12.1. The van der Waals surface area contributed by atoms with Crippen LogP contribution in [0.2, 0.25) is 5.02 Å². The Labute approximate surface area is 155 Å². The number of halogens is 2. The first-order valence-corrected chi connectivity index (χ1v) is 9.19. The Morgan fingerprint density at radius 3 is 2.83 bits per heavy atom. The van der Waals surface area contributed by atoms with E-state index in [-0.39, 0.29) is 18.6 Å². The minimum absolute atomic E-state index is 0.0322. The largest absolute Gasteiger partial charge is 0.483 e. The highest BCUT2D eigenvalue weighted by atomic mass is 79.9. The van der Waals surface area contributed by atoms with Gasteiger partial charge in [-0.2, -0.15) is 0 Å². The number of benzene rings is 2. The van der Waals surface area contributed by atoms with Crippen molar-refractivity contribution < 1.29 is 9.53 Å². The van der Waals surface area contributed by atoms with Crippen LogP contribution in [0.1, 0.15) is 36.1 Å². The molecule has 24 heavy (non-hydrogen) atoms. The van der Waals surface area contributed by atoms with Crippen LogP contribution in [0, 0.1) is 0 Å².